The van der Waals surface area contributed by atoms with Gasteiger partial charge in [-0.05, 0) is 29.3 Å². The predicted molar refractivity (Wildman–Crippen MR) is 83.8 cm³/mol. The van der Waals surface area contributed by atoms with Crippen molar-refractivity contribution in [2.24, 2.45) is 0 Å². The first-order valence-corrected chi connectivity index (χ1v) is 7.03. The molecule has 0 saturated carbocycles. The van der Waals surface area contributed by atoms with Gasteiger partial charge >= 0.3 is 0 Å². The van der Waals surface area contributed by atoms with Crippen LogP contribution >= 0.6 is 15.9 Å². The summed E-state index contributed by atoms with van der Waals surface area (Å²) in [5, 5.41) is 11.8. The van der Waals surface area contributed by atoms with E-state index in [0.717, 1.165) is 15.6 Å². The predicted octanol–water partition coefficient (Wildman–Crippen LogP) is 3.07. The minimum atomic E-state index is -0.405. The van der Waals surface area contributed by atoms with Crippen LogP contribution in [0.3, 0.4) is 0 Å². The van der Waals surface area contributed by atoms with Gasteiger partial charge in [-0.2, -0.15) is 5.26 Å². The van der Waals surface area contributed by atoms with Gasteiger partial charge in [-0.1, -0.05) is 40.2 Å². The molecule has 0 aliphatic rings. The summed E-state index contributed by atoms with van der Waals surface area (Å²) in [6.45, 7) is 0.335. The fourth-order valence-electron chi connectivity index (χ4n) is 1.68. The van der Waals surface area contributed by atoms with Gasteiger partial charge in [-0.25, -0.2) is 0 Å². The van der Waals surface area contributed by atoms with Crippen molar-refractivity contribution in [3.05, 3.63) is 70.0 Å². The third-order valence-corrected chi connectivity index (χ3v) is 3.47. The van der Waals surface area contributed by atoms with Crippen LogP contribution in [0.1, 0.15) is 11.1 Å². The quantitative estimate of drug-likeness (QED) is 0.686. The summed E-state index contributed by atoms with van der Waals surface area (Å²) in [6, 6.07) is 13.0. The van der Waals surface area contributed by atoms with Gasteiger partial charge in [0.25, 0.3) is 5.91 Å². The second-order valence-corrected chi connectivity index (χ2v) is 5.09. The van der Waals surface area contributed by atoms with E-state index in [1.807, 2.05) is 36.4 Å². The van der Waals surface area contributed by atoms with Crippen LogP contribution in [0.25, 0.3) is 6.08 Å². The molecule has 1 heterocycles. The van der Waals surface area contributed by atoms with Crippen molar-refractivity contribution in [3.8, 4) is 6.07 Å². The lowest BCUT2D eigenvalue weighted by Gasteiger charge is -2.04. The Hall–Kier alpha value is -2.45. The number of benzene rings is 1. The van der Waals surface area contributed by atoms with Gasteiger partial charge in [0.2, 0.25) is 0 Å². The Bertz CT molecular complexity index is 705. The van der Waals surface area contributed by atoms with E-state index >= 15 is 0 Å². The minimum absolute atomic E-state index is 0.0609. The molecule has 0 atom stereocenters. The normalized spacial score (nSPS) is 10.8. The number of nitrogens with one attached hydrogen (secondary N) is 1. The summed E-state index contributed by atoms with van der Waals surface area (Å²) < 4.78 is 0.831. The van der Waals surface area contributed by atoms with Crippen molar-refractivity contribution in [2.45, 2.75) is 6.54 Å². The van der Waals surface area contributed by atoms with Crippen LogP contribution in [0, 0.1) is 11.3 Å². The highest BCUT2D eigenvalue weighted by Gasteiger charge is 2.09. The number of rotatable bonds is 4. The summed E-state index contributed by atoms with van der Waals surface area (Å²) in [5.74, 6) is -0.405. The summed E-state index contributed by atoms with van der Waals surface area (Å²) >= 11 is 3.38. The lowest BCUT2D eigenvalue weighted by atomic mass is 10.1. The number of nitriles is 1. The van der Waals surface area contributed by atoms with Gasteiger partial charge < -0.3 is 5.32 Å². The third-order valence-electron chi connectivity index (χ3n) is 2.75. The van der Waals surface area contributed by atoms with Crippen LogP contribution in [0.5, 0.6) is 0 Å². The average molecular weight is 342 g/mol. The Balaban J connectivity index is 2.09. The molecule has 0 saturated heterocycles. The Kier molecular flexibility index (Phi) is 5.24. The number of hydrogen-bond donors (Lipinski definition) is 1. The molecule has 0 unspecified atom stereocenters. The lowest BCUT2D eigenvalue weighted by Crippen LogP contribution is -2.24. The van der Waals surface area contributed by atoms with Crippen molar-refractivity contribution >= 4 is 27.9 Å². The first-order valence-electron chi connectivity index (χ1n) is 6.24. The molecule has 1 aromatic heterocycles. The second-order valence-electron chi connectivity index (χ2n) is 4.24. The summed E-state index contributed by atoms with van der Waals surface area (Å²) in [6.07, 6.45) is 4.89. The molecule has 2 aromatic rings. The minimum Gasteiger partial charge on any atom is -0.347 e. The van der Waals surface area contributed by atoms with E-state index in [9.17, 15) is 4.79 Å². The number of amides is 1. The largest absolute Gasteiger partial charge is 0.347 e. The number of carbonyl (C=O) groups excluding carboxylic acids is 1. The van der Waals surface area contributed by atoms with Crippen molar-refractivity contribution in [1.82, 2.24) is 10.3 Å². The van der Waals surface area contributed by atoms with Gasteiger partial charge in [-0.15, -0.1) is 0 Å². The average Bonchev–Trinajstić information content (AvgIpc) is 2.53. The lowest BCUT2D eigenvalue weighted by molar-refractivity contribution is -0.117. The van der Waals surface area contributed by atoms with E-state index in [-0.39, 0.29) is 5.57 Å². The van der Waals surface area contributed by atoms with Crippen LogP contribution in [0.15, 0.2) is 58.8 Å². The van der Waals surface area contributed by atoms with Gasteiger partial charge in [0, 0.05) is 23.4 Å². The maximum Gasteiger partial charge on any atom is 0.262 e. The molecule has 0 aliphatic carbocycles. The zero-order valence-electron chi connectivity index (χ0n) is 11.1. The van der Waals surface area contributed by atoms with Crippen LogP contribution in [0.2, 0.25) is 0 Å². The number of pyridine rings is 1. The van der Waals surface area contributed by atoms with Crippen LogP contribution in [0.4, 0.5) is 0 Å². The Morgan fingerprint density at radius 2 is 2.14 bits per heavy atom. The molecule has 2 rings (SSSR count). The highest BCUT2D eigenvalue weighted by molar-refractivity contribution is 9.10. The smallest absolute Gasteiger partial charge is 0.262 e. The van der Waals surface area contributed by atoms with E-state index in [4.69, 9.17) is 5.26 Å². The zero-order chi connectivity index (χ0) is 15.1. The molecule has 1 amide bonds. The highest BCUT2D eigenvalue weighted by atomic mass is 79.9. The molecule has 0 spiro atoms. The molecule has 5 heteroatoms. The first kappa shape index (κ1) is 14.9. The topological polar surface area (TPSA) is 65.8 Å². The molecule has 4 nitrogen and oxygen atoms in total. The molecular weight excluding hydrogens is 330 g/mol. The first-order chi connectivity index (χ1) is 10.2. The zero-order valence-corrected chi connectivity index (χ0v) is 12.7. The van der Waals surface area contributed by atoms with E-state index < -0.39 is 5.91 Å². The summed E-state index contributed by atoms with van der Waals surface area (Å²) in [4.78, 5) is 16.0. The van der Waals surface area contributed by atoms with Crippen molar-refractivity contribution in [2.75, 3.05) is 0 Å². The highest BCUT2D eigenvalue weighted by Crippen LogP contribution is 2.18. The SMILES string of the molecule is N#CC(=Cc1ccccc1Br)C(=O)NCc1cccnc1. The van der Waals surface area contributed by atoms with Gasteiger partial charge in [0.1, 0.15) is 11.6 Å². The Labute approximate surface area is 131 Å². The maximum atomic E-state index is 12.0. The number of hydrogen-bond acceptors (Lipinski definition) is 3. The van der Waals surface area contributed by atoms with E-state index in [1.54, 1.807) is 24.5 Å². The van der Waals surface area contributed by atoms with Crippen LogP contribution < -0.4 is 5.32 Å². The molecule has 1 aromatic carbocycles. The molecule has 104 valence electrons. The van der Waals surface area contributed by atoms with Gasteiger partial charge in [0.05, 0.1) is 0 Å². The monoisotopic (exact) mass is 341 g/mol. The number of nitrogens with zero attached hydrogens (tertiary/aromatic N) is 2. The van der Waals surface area contributed by atoms with Gasteiger partial charge in [0.15, 0.2) is 0 Å². The van der Waals surface area contributed by atoms with E-state index in [0.29, 0.717) is 6.54 Å². The summed E-state index contributed by atoms with van der Waals surface area (Å²) in [7, 11) is 0. The standard InChI is InChI=1S/C16H12BrN3O/c17-15-6-2-1-5-13(15)8-14(9-18)16(21)20-11-12-4-3-7-19-10-12/h1-8,10H,11H2,(H,20,21). The van der Waals surface area contributed by atoms with E-state index in [1.165, 1.54) is 0 Å². The second kappa shape index (κ2) is 7.36. The molecule has 0 aliphatic heterocycles. The summed E-state index contributed by atoms with van der Waals surface area (Å²) in [5.41, 5.74) is 1.72. The molecular formula is C16H12BrN3O. The molecule has 0 bridgehead atoms. The van der Waals surface area contributed by atoms with Crippen LogP contribution in [-0.2, 0) is 11.3 Å². The maximum absolute atomic E-state index is 12.0. The van der Waals surface area contributed by atoms with Crippen LogP contribution in [-0.4, -0.2) is 10.9 Å². The molecule has 1 N–H and O–H groups in total. The fourth-order valence-corrected chi connectivity index (χ4v) is 2.08. The molecule has 0 fully saturated rings. The Morgan fingerprint density at radius 3 is 2.81 bits per heavy atom. The fraction of sp³-hybridized carbons (Fsp3) is 0.0625. The number of aromatic nitrogens is 1. The number of carbonyl (C=O) groups is 1. The van der Waals surface area contributed by atoms with Crippen molar-refractivity contribution < 1.29 is 4.79 Å². The molecule has 0 radical (unpaired) electrons. The Morgan fingerprint density at radius 1 is 1.33 bits per heavy atom. The van der Waals surface area contributed by atoms with Gasteiger partial charge in [-0.3, -0.25) is 9.78 Å². The molecule has 21 heavy (non-hydrogen) atoms. The van der Waals surface area contributed by atoms with E-state index in [2.05, 4.69) is 26.2 Å². The number of halogens is 1. The third kappa shape index (κ3) is 4.26. The van der Waals surface area contributed by atoms with Crippen molar-refractivity contribution in [3.63, 3.8) is 0 Å². The van der Waals surface area contributed by atoms with Crippen molar-refractivity contribution in [1.29, 1.82) is 5.26 Å².